The largest absolute Gasteiger partial charge is 0.324 e. The second-order valence-corrected chi connectivity index (χ2v) is 8.90. The van der Waals surface area contributed by atoms with Crippen LogP contribution in [0.1, 0.15) is 6.92 Å². The number of rotatable bonds is 2. The number of carbonyl (C=O) groups excluding carboxylic acids is 2. The van der Waals surface area contributed by atoms with E-state index in [-0.39, 0.29) is 17.1 Å². The molecular formula is C19H17N5O4S. The molecule has 0 bridgehead atoms. The molecule has 3 heterocycles. The van der Waals surface area contributed by atoms with Gasteiger partial charge in [-0.1, -0.05) is 12.1 Å². The van der Waals surface area contributed by atoms with Crippen LogP contribution in [0.5, 0.6) is 0 Å². The summed E-state index contributed by atoms with van der Waals surface area (Å²) in [5, 5.41) is 5.26. The van der Waals surface area contributed by atoms with Gasteiger partial charge < -0.3 is 15.2 Å². The molecule has 9 nitrogen and oxygen atoms in total. The molecule has 3 aromatic rings. The third-order valence-corrected chi connectivity index (χ3v) is 7.04. The van der Waals surface area contributed by atoms with Crippen molar-refractivity contribution >= 4 is 50.2 Å². The Morgan fingerprint density at radius 3 is 2.52 bits per heavy atom. The molecule has 0 fully saturated rings. The number of nitrogens with one attached hydrogen (secondary N) is 2. The van der Waals surface area contributed by atoms with Gasteiger partial charge >= 0.3 is 0 Å². The van der Waals surface area contributed by atoms with E-state index in [2.05, 4.69) is 15.6 Å². The molecule has 0 radical (unpaired) electrons. The first-order valence-electron chi connectivity index (χ1n) is 9.10. The van der Waals surface area contributed by atoms with E-state index in [4.69, 9.17) is 0 Å². The highest BCUT2D eigenvalue weighted by Crippen LogP contribution is 2.34. The highest BCUT2D eigenvalue weighted by atomic mass is 32.2. The normalized spacial score (nSPS) is 18.8. The van der Waals surface area contributed by atoms with Crippen LogP contribution in [0.2, 0.25) is 0 Å². The number of para-hydroxylation sites is 2. The number of sulfonamides is 1. The second-order valence-electron chi connectivity index (χ2n) is 7.04. The summed E-state index contributed by atoms with van der Waals surface area (Å²) in [5.41, 5.74) is 2.22. The van der Waals surface area contributed by atoms with Gasteiger partial charge in [-0.05, 0) is 37.3 Å². The van der Waals surface area contributed by atoms with Gasteiger partial charge in [0.1, 0.15) is 5.92 Å². The smallest absolute Gasteiger partial charge is 0.266 e. The number of hydrogen-bond acceptors (Lipinski definition) is 5. The van der Waals surface area contributed by atoms with E-state index >= 15 is 0 Å². The van der Waals surface area contributed by atoms with E-state index in [9.17, 15) is 18.0 Å². The zero-order chi connectivity index (χ0) is 20.3. The molecule has 2 amide bonds. The fraction of sp³-hybridized carbons (Fsp3) is 0.211. The van der Waals surface area contributed by atoms with Crippen LogP contribution >= 0.6 is 0 Å². The Kier molecular flexibility index (Phi) is 3.69. The number of aromatic nitrogens is 2. The summed E-state index contributed by atoms with van der Waals surface area (Å²) in [5.74, 6) is -1.43. The Bertz CT molecular complexity index is 1300. The summed E-state index contributed by atoms with van der Waals surface area (Å²) in [7, 11) is -3.90. The number of amides is 2. The predicted molar refractivity (Wildman–Crippen MR) is 107 cm³/mol. The van der Waals surface area contributed by atoms with Gasteiger partial charge in [-0.25, -0.2) is 17.7 Å². The Balaban J connectivity index is 1.57. The molecule has 1 aromatic heterocycles. The maximum Gasteiger partial charge on any atom is 0.266 e. The van der Waals surface area contributed by atoms with Crippen LogP contribution < -0.4 is 14.9 Å². The lowest BCUT2D eigenvalue weighted by molar-refractivity contribution is -0.128. The minimum absolute atomic E-state index is 0.0147. The molecule has 5 rings (SSSR count). The van der Waals surface area contributed by atoms with Crippen molar-refractivity contribution in [3.63, 3.8) is 0 Å². The molecule has 0 spiro atoms. The molecule has 1 atom stereocenters. The SMILES string of the molecule is CC1C(=O)Nc2ccc(S(=O)(=O)N3CCn4c3nc3ccccc34)cc2NC1=O. The Morgan fingerprint density at radius 2 is 1.72 bits per heavy atom. The number of carbonyl (C=O) groups is 2. The van der Waals surface area contributed by atoms with Crippen LogP contribution in [0.4, 0.5) is 17.3 Å². The number of hydrogen-bond donors (Lipinski definition) is 2. The molecule has 0 aliphatic carbocycles. The van der Waals surface area contributed by atoms with E-state index in [0.29, 0.717) is 18.2 Å². The highest BCUT2D eigenvalue weighted by molar-refractivity contribution is 7.92. The lowest BCUT2D eigenvalue weighted by Crippen LogP contribution is -2.29. The van der Waals surface area contributed by atoms with E-state index in [1.807, 2.05) is 28.8 Å². The average molecular weight is 411 g/mol. The van der Waals surface area contributed by atoms with Crippen molar-refractivity contribution in [1.29, 1.82) is 0 Å². The van der Waals surface area contributed by atoms with Crippen molar-refractivity contribution in [3.05, 3.63) is 42.5 Å². The van der Waals surface area contributed by atoms with Gasteiger partial charge in [0.25, 0.3) is 10.0 Å². The zero-order valence-corrected chi connectivity index (χ0v) is 16.2. The highest BCUT2D eigenvalue weighted by Gasteiger charge is 2.35. The maximum absolute atomic E-state index is 13.3. The number of fused-ring (bicyclic) bond motifs is 4. The molecule has 2 aromatic carbocycles. The minimum atomic E-state index is -3.90. The van der Waals surface area contributed by atoms with Crippen molar-refractivity contribution in [2.45, 2.75) is 18.4 Å². The van der Waals surface area contributed by atoms with E-state index in [1.165, 1.54) is 29.4 Å². The van der Waals surface area contributed by atoms with Crippen LogP contribution in [0.25, 0.3) is 11.0 Å². The molecule has 2 aliphatic rings. The van der Waals surface area contributed by atoms with Crippen LogP contribution in [-0.4, -0.2) is 36.3 Å². The van der Waals surface area contributed by atoms with Crippen molar-refractivity contribution in [2.75, 3.05) is 21.5 Å². The first-order chi connectivity index (χ1) is 13.9. The van der Waals surface area contributed by atoms with Gasteiger partial charge in [0.05, 0.1) is 33.8 Å². The molecule has 29 heavy (non-hydrogen) atoms. The van der Waals surface area contributed by atoms with Gasteiger partial charge in [0, 0.05) is 6.54 Å². The fourth-order valence-corrected chi connectivity index (χ4v) is 5.05. The van der Waals surface area contributed by atoms with Crippen molar-refractivity contribution in [2.24, 2.45) is 5.92 Å². The molecule has 10 heteroatoms. The van der Waals surface area contributed by atoms with Crippen LogP contribution in [-0.2, 0) is 26.2 Å². The molecule has 148 valence electrons. The second kappa shape index (κ2) is 6.05. The monoisotopic (exact) mass is 411 g/mol. The summed E-state index contributed by atoms with van der Waals surface area (Å²) >= 11 is 0. The summed E-state index contributed by atoms with van der Waals surface area (Å²) in [6.45, 7) is 2.26. The maximum atomic E-state index is 13.3. The van der Waals surface area contributed by atoms with Gasteiger partial charge in [-0.3, -0.25) is 9.59 Å². The van der Waals surface area contributed by atoms with Crippen molar-refractivity contribution in [3.8, 4) is 0 Å². The average Bonchev–Trinajstić information content (AvgIpc) is 3.24. The number of benzene rings is 2. The Labute approximate surface area is 166 Å². The quantitative estimate of drug-likeness (QED) is 0.624. The lowest BCUT2D eigenvalue weighted by atomic mass is 10.1. The molecular weight excluding hydrogens is 394 g/mol. The fourth-order valence-electron chi connectivity index (χ4n) is 3.62. The number of imidazole rings is 1. The lowest BCUT2D eigenvalue weighted by Gasteiger charge is -2.17. The Morgan fingerprint density at radius 1 is 1.00 bits per heavy atom. The third kappa shape index (κ3) is 2.59. The molecule has 1 unspecified atom stereocenters. The number of nitrogens with zero attached hydrogens (tertiary/aromatic N) is 3. The third-order valence-electron chi connectivity index (χ3n) is 5.27. The van der Waals surface area contributed by atoms with E-state index in [1.54, 1.807) is 0 Å². The number of anilines is 3. The van der Waals surface area contributed by atoms with Gasteiger partial charge in [0.2, 0.25) is 17.8 Å². The summed E-state index contributed by atoms with van der Waals surface area (Å²) < 4.78 is 29.8. The van der Waals surface area contributed by atoms with Crippen LogP contribution in [0, 0.1) is 5.92 Å². The summed E-state index contributed by atoms with van der Waals surface area (Å²) in [6.07, 6.45) is 0. The summed E-state index contributed by atoms with van der Waals surface area (Å²) in [4.78, 5) is 28.6. The van der Waals surface area contributed by atoms with Crippen LogP contribution in [0.3, 0.4) is 0 Å². The standard InChI is InChI=1S/C19H17N5O4S/c1-11-17(25)20-13-7-6-12(10-15(13)21-18(11)26)29(27,28)24-9-8-23-16-5-3-2-4-14(16)22-19(23)24/h2-7,10-11H,8-9H2,1H3,(H,20,25)(H,21,26). The van der Waals surface area contributed by atoms with Crippen LogP contribution in [0.15, 0.2) is 47.4 Å². The predicted octanol–water partition coefficient (Wildman–Crippen LogP) is 1.77. The topological polar surface area (TPSA) is 113 Å². The van der Waals surface area contributed by atoms with Crippen molar-refractivity contribution < 1.29 is 18.0 Å². The molecule has 0 saturated carbocycles. The zero-order valence-electron chi connectivity index (χ0n) is 15.4. The van der Waals surface area contributed by atoms with Gasteiger partial charge in [-0.15, -0.1) is 0 Å². The Hall–Kier alpha value is -3.40. The molecule has 2 aliphatic heterocycles. The molecule has 2 N–H and O–H groups in total. The van der Waals surface area contributed by atoms with Crippen molar-refractivity contribution in [1.82, 2.24) is 9.55 Å². The summed E-state index contributed by atoms with van der Waals surface area (Å²) in [6, 6.07) is 11.8. The first-order valence-corrected chi connectivity index (χ1v) is 10.5. The van der Waals surface area contributed by atoms with Gasteiger partial charge in [-0.2, -0.15) is 0 Å². The van der Waals surface area contributed by atoms with E-state index in [0.717, 1.165) is 11.0 Å². The van der Waals surface area contributed by atoms with Gasteiger partial charge in [0.15, 0.2) is 0 Å². The first kappa shape index (κ1) is 17.7. The van der Waals surface area contributed by atoms with E-state index < -0.39 is 27.8 Å². The minimum Gasteiger partial charge on any atom is -0.324 e. The molecule has 0 saturated heterocycles.